The SMILES string of the molecule is CCN(C(=O)CCn1c(C)csc1=O)C1CCCCC1. The Morgan fingerprint density at radius 3 is 2.65 bits per heavy atom. The summed E-state index contributed by atoms with van der Waals surface area (Å²) in [5, 5.41) is 1.85. The molecular weight excluding hydrogens is 272 g/mol. The van der Waals surface area contributed by atoms with E-state index in [1.807, 2.05) is 17.2 Å². The van der Waals surface area contributed by atoms with Crippen molar-refractivity contribution < 1.29 is 4.79 Å². The van der Waals surface area contributed by atoms with E-state index < -0.39 is 0 Å². The van der Waals surface area contributed by atoms with Gasteiger partial charge in [-0.1, -0.05) is 30.6 Å². The van der Waals surface area contributed by atoms with Crippen molar-refractivity contribution in [2.75, 3.05) is 6.54 Å². The lowest BCUT2D eigenvalue weighted by Crippen LogP contribution is -2.41. The fourth-order valence-corrected chi connectivity index (χ4v) is 3.82. The van der Waals surface area contributed by atoms with Crippen LogP contribution in [0.1, 0.15) is 51.1 Å². The molecule has 0 aliphatic heterocycles. The van der Waals surface area contributed by atoms with Crippen LogP contribution in [0.15, 0.2) is 10.2 Å². The maximum atomic E-state index is 12.4. The van der Waals surface area contributed by atoms with Crippen molar-refractivity contribution in [3.05, 3.63) is 20.7 Å². The van der Waals surface area contributed by atoms with Gasteiger partial charge in [-0.05, 0) is 26.7 Å². The molecule has 1 aromatic heterocycles. The Hall–Kier alpha value is -1.10. The van der Waals surface area contributed by atoms with Crippen LogP contribution in [0, 0.1) is 6.92 Å². The molecule has 0 saturated heterocycles. The molecule has 0 bridgehead atoms. The fourth-order valence-electron chi connectivity index (χ4n) is 3.06. The normalized spacial score (nSPS) is 16.3. The van der Waals surface area contributed by atoms with Gasteiger partial charge in [0.15, 0.2) is 0 Å². The third-order valence-electron chi connectivity index (χ3n) is 4.20. The number of rotatable bonds is 5. The number of aromatic nitrogens is 1. The van der Waals surface area contributed by atoms with E-state index >= 15 is 0 Å². The minimum Gasteiger partial charge on any atom is -0.340 e. The summed E-state index contributed by atoms with van der Waals surface area (Å²) >= 11 is 1.21. The highest BCUT2D eigenvalue weighted by Crippen LogP contribution is 2.23. The first-order valence-corrected chi connectivity index (χ1v) is 8.46. The van der Waals surface area contributed by atoms with Crippen LogP contribution in [0.5, 0.6) is 0 Å². The van der Waals surface area contributed by atoms with E-state index in [-0.39, 0.29) is 10.8 Å². The molecule has 0 aromatic carbocycles. The van der Waals surface area contributed by atoms with E-state index in [2.05, 4.69) is 6.92 Å². The maximum absolute atomic E-state index is 12.4. The van der Waals surface area contributed by atoms with E-state index in [1.54, 1.807) is 4.57 Å². The number of thiazole rings is 1. The first-order valence-electron chi connectivity index (χ1n) is 7.58. The Morgan fingerprint density at radius 1 is 1.40 bits per heavy atom. The Balaban J connectivity index is 1.94. The summed E-state index contributed by atoms with van der Waals surface area (Å²) in [5.41, 5.74) is 0.952. The van der Waals surface area contributed by atoms with Gasteiger partial charge in [-0.3, -0.25) is 9.59 Å². The summed E-state index contributed by atoms with van der Waals surface area (Å²) in [6.45, 7) is 5.26. The van der Waals surface area contributed by atoms with Gasteiger partial charge in [-0.15, -0.1) is 0 Å². The first kappa shape index (κ1) is 15.3. The third kappa shape index (κ3) is 3.51. The molecule has 2 rings (SSSR count). The van der Waals surface area contributed by atoms with E-state index in [0.29, 0.717) is 19.0 Å². The maximum Gasteiger partial charge on any atom is 0.307 e. The Bertz CT molecular complexity index is 500. The van der Waals surface area contributed by atoms with Crippen LogP contribution in [0.2, 0.25) is 0 Å². The minimum atomic E-state index is 0.0380. The smallest absolute Gasteiger partial charge is 0.307 e. The molecule has 0 N–H and O–H groups in total. The predicted molar refractivity (Wildman–Crippen MR) is 82.2 cm³/mol. The molecular formula is C15H24N2O2S. The highest BCUT2D eigenvalue weighted by molar-refractivity contribution is 7.07. The molecule has 1 heterocycles. The van der Waals surface area contributed by atoms with Crippen molar-refractivity contribution in [2.24, 2.45) is 0 Å². The summed E-state index contributed by atoms with van der Waals surface area (Å²) in [6.07, 6.45) is 6.47. The van der Waals surface area contributed by atoms with Crippen molar-refractivity contribution >= 4 is 17.2 Å². The molecule has 1 aliphatic rings. The lowest BCUT2D eigenvalue weighted by Gasteiger charge is -2.33. The molecule has 20 heavy (non-hydrogen) atoms. The van der Waals surface area contributed by atoms with E-state index in [4.69, 9.17) is 0 Å². The van der Waals surface area contributed by atoms with Crippen molar-refractivity contribution in [3.63, 3.8) is 0 Å². The molecule has 4 nitrogen and oxygen atoms in total. The largest absolute Gasteiger partial charge is 0.340 e. The lowest BCUT2D eigenvalue weighted by molar-refractivity contribution is -0.134. The van der Waals surface area contributed by atoms with Crippen LogP contribution in [-0.4, -0.2) is 28.0 Å². The lowest BCUT2D eigenvalue weighted by atomic mass is 9.94. The second-order valence-corrected chi connectivity index (χ2v) is 6.34. The topological polar surface area (TPSA) is 42.3 Å². The van der Waals surface area contributed by atoms with Gasteiger partial charge in [0.25, 0.3) is 0 Å². The molecule has 112 valence electrons. The third-order valence-corrected chi connectivity index (χ3v) is 5.08. The zero-order valence-corrected chi connectivity index (χ0v) is 13.2. The van der Waals surface area contributed by atoms with Crippen LogP contribution in [0.4, 0.5) is 0 Å². The summed E-state index contributed by atoms with van der Waals surface area (Å²) in [5.74, 6) is 0.192. The molecule has 0 spiro atoms. The predicted octanol–water partition coefficient (Wildman–Crippen LogP) is 2.79. The molecule has 5 heteroatoms. The molecule has 0 radical (unpaired) electrons. The zero-order valence-electron chi connectivity index (χ0n) is 12.4. The average Bonchev–Trinajstić information content (AvgIpc) is 2.78. The van der Waals surface area contributed by atoms with Crippen molar-refractivity contribution in [2.45, 2.75) is 65.0 Å². The van der Waals surface area contributed by atoms with Crippen LogP contribution in [-0.2, 0) is 11.3 Å². The summed E-state index contributed by atoms with van der Waals surface area (Å²) in [4.78, 5) is 26.1. The van der Waals surface area contributed by atoms with Gasteiger partial charge in [-0.2, -0.15) is 0 Å². The van der Waals surface area contributed by atoms with Gasteiger partial charge in [0.05, 0.1) is 0 Å². The van der Waals surface area contributed by atoms with Crippen molar-refractivity contribution in [1.29, 1.82) is 0 Å². The highest BCUT2D eigenvalue weighted by Gasteiger charge is 2.23. The van der Waals surface area contributed by atoms with E-state index in [0.717, 1.165) is 25.1 Å². The minimum absolute atomic E-state index is 0.0380. The summed E-state index contributed by atoms with van der Waals surface area (Å²) in [7, 11) is 0. The molecule has 1 aromatic rings. The molecule has 1 amide bonds. The highest BCUT2D eigenvalue weighted by atomic mass is 32.1. The number of amides is 1. The Morgan fingerprint density at radius 2 is 2.10 bits per heavy atom. The number of hydrogen-bond donors (Lipinski definition) is 0. The number of nitrogens with zero attached hydrogens (tertiary/aromatic N) is 2. The molecule has 1 aliphatic carbocycles. The van der Waals surface area contributed by atoms with Crippen molar-refractivity contribution in [3.8, 4) is 0 Å². The Kier molecular flexibility index (Phi) is 5.40. The second-order valence-electron chi connectivity index (χ2n) is 5.52. The molecule has 0 atom stereocenters. The van der Waals surface area contributed by atoms with Crippen molar-refractivity contribution in [1.82, 2.24) is 9.47 Å². The average molecular weight is 296 g/mol. The molecule has 1 saturated carbocycles. The van der Waals surface area contributed by atoms with Crippen LogP contribution >= 0.6 is 11.3 Å². The molecule has 1 fully saturated rings. The first-order chi connectivity index (χ1) is 9.63. The van der Waals surface area contributed by atoms with Gasteiger partial charge >= 0.3 is 4.87 Å². The zero-order chi connectivity index (χ0) is 14.5. The monoisotopic (exact) mass is 296 g/mol. The quantitative estimate of drug-likeness (QED) is 0.838. The standard InChI is InChI=1S/C15H24N2O2S/c1-3-16(13-7-5-4-6-8-13)14(18)9-10-17-12(2)11-20-15(17)19/h11,13H,3-10H2,1-2H3. The van der Waals surface area contributed by atoms with E-state index in [1.165, 1.54) is 30.6 Å². The van der Waals surface area contributed by atoms with Gasteiger partial charge < -0.3 is 9.47 Å². The number of carbonyl (C=O) groups excluding carboxylic acids is 1. The number of carbonyl (C=O) groups is 1. The second kappa shape index (κ2) is 7.07. The Labute approximate surface area is 124 Å². The van der Waals surface area contributed by atoms with E-state index in [9.17, 15) is 9.59 Å². The van der Waals surface area contributed by atoms with Gasteiger partial charge in [0, 0.05) is 36.6 Å². The van der Waals surface area contributed by atoms with Crippen LogP contribution in [0.3, 0.4) is 0 Å². The number of aryl methyl sites for hydroxylation is 1. The summed E-state index contributed by atoms with van der Waals surface area (Å²) in [6, 6.07) is 0.418. The molecule has 0 unspecified atom stereocenters. The number of hydrogen-bond acceptors (Lipinski definition) is 3. The van der Waals surface area contributed by atoms with Crippen LogP contribution in [0.25, 0.3) is 0 Å². The summed E-state index contributed by atoms with van der Waals surface area (Å²) < 4.78 is 1.71. The van der Waals surface area contributed by atoms with Gasteiger partial charge in [0.1, 0.15) is 0 Å². The van der Waals surface area contributed by atoms with Gasteiger partial charge in [0.2, 0.25) is 5.91 Å². The fraction of sp³-hybridized carbons (Fsp3) is 0.733. The van der Waals surface area contributed by atoms with Crippen LogP contribution < -0.4 is 4.87 Å². The van der Waals surface area contributed by atoms with Gasteiger partial charge in [-0.25, -0.2) is 0 Å².